The van der Waals surface area contributed by atoms with Crippen LogP contribution in [0, 0.1) is 13.8 Å². The lowest BCUT2D eigenvalue weighted by molar-refractivity contribution is 0.401. The number of hydrogen-bond acceptors (Lipinski definition) is 2. The number of hydrogen-bond donors (Lipinski definition) is 2. The van der Waals surface area contributed by atoms with E-state index in [0.717, 1.165) is 18.7 Å². The van der Waals surface area contributed by atoms with Gasteiger partial charge in [0.25, 0.3) is 0 Å². The molecule has 0 spiro atoms. The van der Waals surface area contributed by atoms with Crippen molar-refractivity contribution >= 4 is 10.9 Å². The second-order valence-electron chi connectivity index (χ2n) is 7.81. The lowest BCUT2D eigenvalue weighted by Gasteiger charge is -2.27. The number of H-pyrrole nitrogens is 1. The first-order valence-electron chi connectivity index (χ1n) is 9.52. The average molecular weight is 348 g/mol. The van der Waals surface area contributed by atoms with Crippen LogP contribution in [0.2, 0.25) is 0 Å². The molecule has 3 aromatic rings. The van der Waals surface area contributed by atoms with Crippen LogP contribution in [0.5, 0.6) is 5.75 Å². The van der Waals surface area contributed by atoms with Crippen molar-refractivity contribution in [2.24, 2.45) is 0 Å². The molecule has 2 N–H and O–H groups in total. The average Bonchev–Trinajstić information content (AvgIpc) is 3.00. The predicted octanol–water partition coefficient (Wildman–Crippen LogP) is 5.15. The zero-order valence-electron chi connectivity index (χ0n) is 16.4. The number of benzene rings is 2. The zero-order valence-corrected chi connectivity index (χ0v) is 16.4. The summed E-state index contributed by atoms with van der Waals surface area (Å²) in [5, 5.41) is 5.09. The van der Waals surface area contributed by atoms with E-state index < -0.39 is 0 Å². The van der Waals surface area contributed by atoms with E-state index in [1.165, 1.54) is 44.4 Å². The Hall–Kier alpha value is -2.26. The Bertz CT molecular complexity index is 968. The number of rotatable bonds is 3. The number of methoxy groups -OCH3 is 1. The summed E-state index contributed by atoms with van der Waals surface area (Å²) in [6.07, 6.45) is 1.06. The minimum Gasteiger partial charge on any atom is -0.496 e. The van der Waals surface area contributed by atoms with Crippen LogP contribution in [0.4, 0.5) is 0 Å². The number of aryl methyl sites for hydroxylation is 2. The molecule has 0 saturated heterocycles. The van der Waals surface area contributed by atoms with Gasteiger partial charge in [0, 0.05) is 28.7 Å². The van der Waals surface area contributed by atoms with Crippen molar-refractivity contribution in [2.45, 2.75) is 46.1 Å². The van der Waals surface area contributed by atoms with Gasteiger partial charge in [-0.1, -0.05) is 31.5 Å². The lowest BCUT2D eigenvalue weighted by atomic mass is 9.90. The van der Waals surface area contributed by atoms with E-state index in [-0.39, 0.29) is 6.04 Å². The van der Waals surface area contributed by atoms with E-state index >= 15 is 0 Å². The monoisotopic (exact) mass is 348 g/mol. The molecule has 1 aliphatic rings. The third kappa shape index (κ3) is 2.71. The fourth-order valence-electron chi connectivity index (χ4n) is 4.29. The Balaban J connectivity index is 1.92. The summed E-state index contributed by atoms with van der Waals surface area (Å²) >= 11 is 0. The molecular formula is C23H28N2O. The number of fused-ring (bicyclic) bond motifs is 3. The molecule has 0 fully saturated rings. The van der Waals surface area contributed by atoms with E-state index in [0.29, 0.717) is 5.92 Å². The summed E-state index contributed by atoms with van der Waals surface area (Å²) in [5.74, 6) is 1.45. The molecule has 0 aliphatic carbocycles. The van der Waals surface area contributed by atoms with E-state index in [1.807, 2.05) is 0 Å². The summed E-state index contributed by atoms with van der Waals surface area (Å²) in [5.41, 5.74) is 9.22. The first-order chi connectivity index (χ1) is 12.5. The molecule has 1 aromatic heterocycles. The van der Waals surface area contributed by atoms with Crippen LogP contribution in [0.15, 0.2) is 30.3 Å². The second-order valence-corrected chi connectivity index (χ2v) is 7.81. The summed E-state index contributed by atoms with van der Waals surface area (Å²) < 4.78 is 5.71. The molecule has 1 unspecified atom stereocenters. The molecule has 4 rings (SSSR count). The summed E-state index contributed by atoms with van der Waals surface area (Å²) in [6.45, 7) is 9.83. The van der Waals surface area contributed by atoms with Crippen molar-refractivity contribution in [2.75, 3.05) is 13.7 Å². The Labute approximate surface area is 155 Å². The summed E-state index contributed by atoms with van der Waals surface area (Å²) in [6, 6.07) is 11.3. The summed E-state index contributed by atoms with van der Waals surface area (Å²) in [4.78, 5) is 3.74. The molecule has 3 nitrogen and oxygen atoms in total. The maximum absolute atomic E-state index is 5.71. The molecule has 26 heavy (non-hydrogen) atoms. The van der Waals surface area contributed by atoms with E-state index in [1.54, 1.807) is 7.11 Å². The molecule has 1 aliphatic heterocycles. The highest BCUT2D eigenvalue weighted by atomic mass is 16.5. The quantitative estimate of drug-likeness (QED) is 0.687. The minimum atomic E-state index is 0.138. The Morgan fingerprint density at radius 1 is 1.12 bits per heavy atom. The van der Waals surface area contributed by atoms with Gasteiger partial charge in [0.05, 0.1) is 13.2 Å². The van der Waals surface area contributed by atoms with Crippen molar-refractivity contribution in [3.05, 3.63) is 63.8 Å². The fraction of sp³-hybridized carbons (Fsp3) is 0.391. The van der Waals surface area contributed by atoms with Gasteiger partial charge in [-0.2, -0.15) is 0 Å². The van der Waals surface area contributed by atoms with Crippen LogP contribution < -0.4 is 10.1 Å². The Morgan fingerprint density at radius 3 is 2.65 bits per heavy atom. The van der Waals surface area contributed by atoms with Crippen LogP contribution in [0.1, 0.15) is 59.3 Å². The lowest BCUT2D eigenvalue weighted by Crippen LogP contribution is -2.30. The second kappa shape index (κ2) is 6.48. The van der Waals surface area contributed by atoms with Gasteiger partial charge in [-0.3, -0.25) is 0 Å². The number of aromatic amines is 1. The van der Waals surface area contributed by atoms with E-state index in [4.69, 9.17) is 4.74 Å². The van der Waals surface area contributed by atoms with Crippen LogP contribution in [-0.4, -0.2) is 18.6 Å². The maximum atomic E-state index is 5.71. The van der Waals surface area contributed by atoms with E-state index in [2.05, 4.69) is 68.3 Å². The molecule has 3 heteroatoms. The van der Waals surface area contributed by atoms with Crippen molar-refractivity contribution in [3.63, 3.8) is 0 Å². The predicted molar refractivity (Wildman–Crippen MR) is 108 cm³/mol. The Kier molecular flexibility index (Phi) is 4.28. The van der Waals surface area contributed by atoms with Crippen LogP contribution in [0.3, 0.4) is 0 Å². The first kappa shape index (κ1) is 17.2. The third-order valence-electron chi connectivity index (χ3n) is 5.63. The van der Waals surface area contributed by atoms with Gasteiger partial charge in [0.2, 0.25) is 0 Å². The molecule has 2 aromatic carbocycles. The molecule has 0 saturated carbocycles. The minimum absolute atomic E-state index is 0.138. The van der Waals surface area contributed by atoms with Gasteiger partial charge in [-0.15, -0.1) is 0 Å². The third-order valence-corrected chi connectivity index (χ3v) is 5.63. The van der Waals surface area contributed by atoms with Gasteiger partial charge in [-0.25, -0.2) is 0 Å². The van der Waals surface area contributed by atoms with Crippen molar-refractivity contribution in [3.8, 4) is 5.75 Å². The van der Waals surface area contributed by atoms with E-state index in [9.17, 15) is 0 Å². The highest BCUT2D eigenvalue weighted by Crippen LogP contribution is 2.39. The number of ether oxygens (including phenoxy) is 1. The normalized spacial score (nSPS) is 16.9. The number of aromatic nitrogens is 1. The van der Waals surface area contributed by atoms with Crippen LogP contribution >= 0.6 is 0 Å². The molecule has 136 valence electrons. The van der Waals surface area contributed by atoms with Crippen LogP contribution in [0.25, 0.3) is 10.9 Å². The molecule has 0 amide bonds. The SMILES string of the molecule is COc1ccc(C(C)C)cc1C1NCCc2c1[nH]c1c(C)cc(C)cc21. The van der Waals surface area contributed by atoms with Crippen LogP contribution in [-0.2, 0) is 6.42 Å². The van der Waals surface area contributed by atoms with Gasteiger partial charge >= 0.3 is 0 Å². The molecule has 2 heterocycles. The van der Waals surface area contributed by atoms with Gasteiger partial charge in [0.15, 0.2) is 0 Å². The van der Waals surface area contributed by atoms with Gasteiger partial charge < -0.3 is 15.0 Å². The highest BCUT2D eigenvalue weighted by molar-refractivity contribution is 5.88. The summed E-state index contributed by atoms with van der Waals surface area (Å²) in [7, 11) is 1.76. The highest BCUT2D eigenvalue weighted by Gasteiger charge is 2.28. The molecule has 0 bridgehead atoms. The van der Waals surface area contributed by atoms with Gasteiger partial charge in [0.1, 0.15) is 5.75 Å². The largest absolute Gasteiger partial charge is 0.496 e. The fourth-order valence-corrected chi connectivity index (χ4v) is 4.29. The first-order valence-corrected chi connectivity index (χ1v) is 9.52. The standard InChI is InChI=1S/C23H28N2O/c1-13(2)16-6-7-20(26-5)19(12-16)22-23-17(8-9-24-22)18-11-14(3)10-15(4)21(18)25-23/h6-7,10-13,22,24-25H,8-9H2,1-5H3. The molecular weight excluding hydrogens is 320 g/mol. The molecule has 1 atom stereocenters. The molecule has 0 radical (unpaired) electrons. The maximum Gasteiger partial charge on any atom is 0.124 e. The smallest absolute Gasteiger partial charge is 0.124 e. The van der Waals surface area contributed by atoms with Crippen molar-refractivity contribution < 1.29 is 4.74 Å². The topological polar surface area (TPSA) is 37.0 Å². The number of nitrogens with one attached hydrogen (secondary N) is 2. The zero-order chi connectivity index (χ0) is 18.4. The Morgan fingerprint density at radius 2 is 1.92 bits per heavy atom. The van der Waals surface area contributed by atoms with Crippen molar-refractivity contribution in [1.29, 1.82) is 0 Å². The van der Waals surface area contributed by atoms with Gasteiger partial charge in [-0.05, 0) is 61.1 Å². The van der Waals surface area contributed by atoms with Crippen molar-refractivity contribution in [1.82, 2.24) is 10.3 Å².